The Kier molecular flexibility index (Phi) is 7.14. The van der Waals surface area contributed by atoms with Gasteiger partial charge in [-0.25, -0.2) is 4.39 Å². The second kappa shape index (κ2) is 10.2. The number of methoxy groups -OCH3 is 1. The first-order valence-electron chi connectivity index (χ1n) is 10.8. The molecule has 0 radical (unpaired) electrons. The summed E-state index contributed by atoms with van der Waals surface area (Å²) in [7, 11) is 1.35. The Morgan fingerprint density at radius 1 is 1.09 bits per heavy atom. The number of nitrogens with one attached hydrogen (secondary N) is 1. The van der Waals surface area contributed by atoms with Crippen molar-refractivity contribution in [1.29, 1.82) is 0 Å². The van der Waals surface area contributed by atoms with E-state index in [-0.39, 0.29) is 18.2 Å². The van der Waals surface area contributed by atoms with Gasteiger partial charge in [0.15, 0.2) is 0 Å². The molecule has 3 aromatic carbocycles. The molecule has 0 aliphatic heterocycles. The molecule has 0 aromatic heterocycles. The molecular weight excluding hydrogens is 461 g/mol. The molecular formula is C26H23ClFNO5. The predicted molar refractivity (Wildman–Crippen MR) is 126 cm³/mol. The molecule has 6 nitrogen and oxygen atoms in total. The summed E-state index contributed by atoms with van der Waals surface area (Å²) < 4.78 is 24.1. The summed E-state index contributed by atoms with van der Waals surface area (Å²) in [6, 6.07) is 12.6. The van der Waals surface area contributed by atoms with Crippen LogP contribution >= 0.6 is 11.6 Å². The number of ether oxygens (including phenoxy) is 2. The van der Waals surface area contributed by atoms with Crippen molar-refractivity contribution in [1.82, 2.24) is 0 Å². The summed E-state index contributed by atoms with van der Waals surface area (Å²) in [4.78, 5) is 24.0. The SMILES string of the molecule is COCC(=O)C(=O)Nc1cc(Cl)c(Oc2ccc(O)c(Cc3ccc(F)cc3)c2)c2c1CCC2. The molecule has 34 heavy (non-hydrogen) atoms. The van der Waals surface area contributed by atoms with Crippen molar-refractivity contribution < 1.29 is 28.6 Å². The molecule has 0 saturated carbocycles. The van der Waals surface area contributed by atoms with Crippen LogP contribution in [0.15, 0.2) is 48.5 Å². The first-order valence-corrected chi connectivity index (χ1v) is 11.1. The molecule has 1 aliphatic rings. The Bertz CT molecular complexity index is 1240. The van der Waals surface area contributed by atoms with Crippen molar-refractivity contribution >= 4 is 29.0 Å². The maximum absolute atomic E-state index is 13.2. The minimum atomic E-state index is -0.760. The van der Waals surface area contributed by atoms with E-state index >= 15 is 0 Å². The van der Waals surface area contributed by atoms with Crippen LogP contribution in [-0.4, -0.2) is 30.5 Å². The zero-order valence-corrected chi connectivity index (χ0v) is 19.2. The highest BCUT2D eigenvalue weighted by atomic mass is 35.5. The largest absolute Gasteiger partial charge is 0.508 e. The smallest absolute Gasteiger partial charge is 0.294 e. The van der Waals surface area contributed by atoms with E-state index in [4.69, 9.17) is 21.1 Å². The first kappa shape index (κ1) is 23.7. The molecule has 0 atom stereocenters. The van der Waals surface area contributed by atoms with Crippen molar-refractivity contribution in [3.8, 4) is 17.2 Å². The number of rotatable bonds is 8. The van der Waals surface area contributed by atoms with Crippen LogP contribution in [0.3, 0.4) is 0 Å². The van der Waals surface area contributed by atoms with Gasteiger partial charge in [-0.2, -0.15) is 0 Å². The number of Topliss-reactive ketones (excluding diaryl/α,β-unsaturated/α-hetero) is 1. The fourth-order valence-corrected chi connectivity index (χ4v) is 4.29. The number of ketones is 1. The van der Waals surface area contributed by atoms with Crippen LogP contribution in [0.1, 0.15) is 28.7 Å². The van der Waals surface area contributed by atoms with E-state index in [1.807, 2.05) is 0 Å². The number of anilines is 1. The molecule has 8 heteroatoms. The van der Waals surface area contributed by atoms with Gasteiger partial charge in [0.1, 0.15) is 29.7 Å². The zero-order valence-electron chi connectivity index (χ0n) is 18.5. The van der Waals surface area contributed by atoms with Crippen molar-refractivity contribution in [2.75, 3.05) is 19.0 Å². The molecule has 1 aliphatic carbocycles. The van der Waals surface area contributed by atoms with Crippen LogP contribution < -0.4 is 10.1 Å². The molecule has 0 unspecified atom stereocenters. The molecule has 0 saturated heterocycles. The van der Waals surface area contributed by atoms with Gasteiger partial charge in [0.2, 0.25) is 5.78 Å². The van der Waals surface area contributed by atoms with Gasteiger partial charge in [0.25, 0.3) is 5.91 Å². The molecule has 0 spiro atoms. The Balaban J connectivity index is 1.60. The standard InChI is InChI=1S/C26H23ClFNO5/c1-33-14-24(31)26(32)29-22-13-21(27)25(20-4-2-3-19(20)22)34-18-9-10-23(30)16(12-18)11-15-5-7-17(28)8-6-15/h5-10,12-13,30H,2-4,11,14H2,1H3,(H,29,32). The second-order valence-corrected chi connectivity index (χ2v) is 8.46. The molecule has 3 aromatic rings. The van der Waals surface area contributed by atoms with Crippen LogP contribution in [0.4, 0.5) is 10.1 Å². The van der Waals surface area contributed by atoms with E-state index in [0.29, 0.717) is 47.0 Å². The lowest BCUT2D eigenvalue weighted by Crippen LogP contribution is -2.26. The summed E-state index contributed by atoms with van der Waals surface area (Å²) in [6.45, 7) is -0.302. The molecule has 0 fully saturated rings. The second-order valence-electron chi connectivity index (χ2n) is 8.05. The van der Waals surface area contributed by atoms with Crippen molar-refractivity contribution in [2.45, 2.75) is 25.7 Å². The Morgan fingerprint density at radius 3 is 2.56 bits per heavy atom. The number of hydrogen-bond acceptors (Lipinski definition) is 5. The van der Waals surface area contributed by atoms with E-state index in [0.717, 1.165) is 23.1 Å². The fraction of sp³-hybridized carbons (Fsp3) is 0.231. The Hall–Kier alpha value is -3.42. The summed E-state index contributed by atoms with van der Waals surface area (Å²) >= 11 is 6.53. The van der Waals surface area contributed by atoms with E-state index in [9.17, 15) is 19.1 Å². The van der Waals surface area contributed by atoms with E-state index in [1.54, 1.807) is 36.4 Å². The monoisotopic (exact) mass is 483 g/mol. The quantitative estimate of drug-likeness (QED) is 0.430. The number of phenolic OH excluding ortho intramolecular Hbond substituents is 1. The third-order valence-electron chi connectivity index (χ3n) is 5.66. The fourth-order valence-electron chi connectivity index (χ4n) is 4.03. The zero-order chi connectivity index (χ0) is 24.2. The summed E-state index contributed by atoms with van der Waals surface area (Å²) in [6.07, 6.45) is 2.67. The number of carbonyl (C=O) groups is 2. The number of benzene rings is 3. The van der Waals surface area contributed by atoms with Gasteiger partial charge in [0.05, 0.1) is 5.02 Å². The molecule has 2 N–H and O–H groups in total. The van der Waals surface area contributed by atoms with Crippen LogP contribution in [0.2, 0.25) is 5.02 Å². The lowest BCUT2D eigenvalue weighted by Gasteiger charge is -2.17. The van der Waals surface area contributed by atoms with E-state index in [2.05, 4.69) is 5.32 Å². The lowest BCUT2D eigenvalue weighted by atomic mass is 10.0. The highest BCUT2D eigenvalue weighted by Gasteiger charge is 2.25. The van der Waals surface area contributed by atoms with Crippen LogP contribution in [0.5, 0.6) is 17.2 Å². The normalized spacial score (nSPS) is 12.3. The van der Waals surface area contributed by atoms with Crippen molar-refractivity contribution in [3.05, 3.63) is 81.6 Å². The van der Waals surface area contributed by atoms with E-state index in [1.165, 1.54) is 19.2 Å². The van der Waals surface area contributed by atoms with Gasteiger partial charge in [-0.3, -0.25) is 9.59 Å². The van der Waals surface area contributed by atoms with Crippen LogP contribution in [-0.2, 0) is 33.6 Å². The molecule has 176 valence electrons. The topological polar surface area (TPSA) is 84.9 Å². The number of aromatic hydroxyl groups is 1. The average molecular weight is 484 g/mol. The number of hydrogen-bond donors (Lipinski definition) is 2. The summed E-state index contributed by atoms with van der Waals surface area (Å²) in [5.41, 5.74) is 3.70. The number of phenols is 1. The Morgan fingerprint density at radius 2 is 1.82 bits per heavy atom. The number of halogens is 2. The third-order valence-corrected chi connectivity index (χ3v) is 5.94. The number of fused-ring (bicyclic) bond motifs is 1. The maximum Gasteiger partial charge on any atom is 0.294 e. The number of amides is 1. The lowest BCUT2D eigenvalue weighted by molar-refractivity contribution is -0.137. The van der Waals surface area contributed by atoms with Gasteiger partial charge in [-0.1, -0.05) is 23.7 Å². The summed E-state index contributed by atoms with van der Waals surface area (Å²) in [5, 5.41) is 13.2. The van der Waals surface area contributed by atoms with Crippen molar-refractivity contribution in [2.24, 2.45) is 0 Å². The Labute approximate surface area is 201 Å². The minimum absolute atomic E-state index is 0.104. The van der Waals surface area contributed by atoms with Crippen LogP contribution in [0.25, 0.3) is 0 Å². The number of carbonyl (C=O) groups excluding carboxylic acids is 2. The first-order chi connectivity index (χ1) is 16.4. The summed E-state index contributed by atoms with van der Waals surface area (Å²) in [5.74, 6) is -0.692. The molecule has 0 bridgehead atoms. The van der Waals surface area contributed by atoms with Gasteiger partial charge < -0.3 is 19.9 Å². The highest BCUT2D eigenvalue weighted by molar-refractivity contribution is 6.41. The third kappa shape index (κ3) is 5.21. The van der Waals surface area contributed by atoms with Gasteiger partial charge >= 0.3 is 0 Å². The highest BCUT2D eigenvalue weighted by Crippen LogP contribution is 2.43. The predicted octanol–water partition coefficient (Wildman–Crippen LogP) is 5.21. The average Bonchev–Trinajstić information content (AvgIpc) is 3.30. The maximum atomic E-state index is 13.2. The van der Waals surface area contributed by atoms with Crippen molar-refractivity contribution in [3.63, 3.8) is 0 Å². The molecule has 4 rings (SSSR count). The van der Waals surface area contributed by atoms with Gasteiger partial charge in [0, 0.05) is 30.3 Å². The van der Waals surface area contributed by atoms with Crippen LogP contribution in [0, 0.1) is 5.82 Å². The van der Waals surface area contributed by atoms with E-state index < -0.39 is 11.7 Å². The molecule has 1 amide bonds. The van der Waals surface area contributed by atoms with Gasteiger partial charge in [-0.15, -0.1) is 0 Å². The molecule has 0 heterocycles. The minimum Gasteiger partial charge on any atom is -0.508 e. The van der Waals surface area contributed by atoms with Gasteiger partial charge in [-0.05, 0) is 66.8 Å².